The number of carbonyl (C=O) groups excluding carboxylic acids is 1. The lowest BCUT2D eigenvalue weighted by molar-refractivity contribution is -0.143. The van der Waals surface area contributed by atoms with E-state index in [1.807, 2.05) is 23.7 Å². The predicted octanol–water partition coefficient (Wildman–Crippen LogP) is 5.72. The van der Waals surface area contributed by atoms with Crippen molar-refractivity contribution in [1.82, 2.24) is 15.4 Å². The van der Waals surface area contributed by atoms with E-state index in [1.54, 1.807) is 18.2 Å². The molecule has 2 aromatic carbocycles. The maximum absolute atomic E-state index is 15.8. The molecule has 0 radical (unpaired) electrons. The number of methoxy groups -OCH3 is 1. The molecule has 1 saturated heterocycles. The number of fused-ring (bicyclic) bond motifs is 1. The Balaban J connectivity index is 1.43. The van der Waals surface area contributed by atoms with E-state index >= 15 is 4.39 Å². The first-order valence-electron chi connectivity index (χ1n) is 12.9. The maximum Gasteiger partial charge on any atom is 0.249 e. The second kappa shape index (κ2) is 12.4. The molecule has 6 nitrogen and oxygen atoms in total. The van der Waals surface area contributed by atoms with E-state index in [2.05, 4.69) is 22.0 Å². The molecular weight excluding hydrogens is 476 g/mol. The van der Waals surface area contributed by atoms with Crippen LogP contribution in [-0.2, 0) is 17.9 Å². The van der Waals surface area contributed by atoms with Crippen LogP contribution in [0, 0.1) is 5.41 Å². The van der Waals surface area contributed by atoms with Gasteiger partial charge in [0.05, 0.1) is 18.0 Å². The molecule has 1 aliphatic rings. The number of hydrogen-bond donors (Lipinski definition) is 2. The minimum Gasteiger partial charge on any atom is -0.497 e. The number of benzene rings is 2. The molecule has 198 valence electrons. The highest BCUT2D eigenvalue weighted by atomic mass is 19.1. The number of nitrogens with one attached hydrogen (secondary N) is 1. The molecule has 0 spiro atoms. The van der Waals surface area contributed by atoms with Crippen LogP contribution in [0.4, 0.5) is 8.78 Å². The Morgan fingerprint density at radius 1 is 1.22 bits per heavy atom. The fourth-order valence-electron chi connectivity index (χ4n) is 5.45. The molecule has 1 aromatic heterocycles. The summed E-state index contributed by atoms with van der Waals surface area (Å²) in [6.45, 7) is 1.48. The van der Waals surface area contributed by atoms with Gasteiger partial charge in [-0.05, 0) is 81.9 Å². The standard InChI is InChI=1S/C29H35F2N3O3/c1-37-23-9-10-26-24(18-23)27(22(19-30)20-32-26)25(31)11-12-29(28(35)33-36)13-16-34(17-14-29)15-5-8-21-6-3-2-4-7-21/h2-4,6-7,9-10,18,20,25,36H,5,8,11-17,19H2,1H3,(H,33,35). The van der Waals surface area contributed by atoms with Gasteiger partial charge in [0.1, 0.15) is 18.6 Å². The molecule has 1 aliphatic heterocycles. The largest absolute Gasteiger partial charge is 0.497 e. The Labute approximate surface area is 216 Å². The summed E-state index contributed by atoms with van der Waals surface area (Å²) in [4.78, 5) is 19.4. The first kappa shape index (κ1) is 26.9. The number of ether oxygens (including phenoxy) is 1. The molecule has 2 N–H and O–H groups in total. The van der Waals surface area contributed by atoms with Gasteiger partial charge in [-0.2, -0.15) is 0 Å². The molecule has 4 rings (SSSR count). The van der Waals surface area contributed by atoms with Gasteiger partial charge in [-0.3, -0.25) is 15.0 Å². The summed E-state index contributed by atoms with van der Waals surface area (Å²) >= 11 is 0. The average molecular weight is 512 g/mol. The van der Waals surface area contributed by atoms with E-state index < -0.39 is 24.2 Å². The zero-order valence-electron chi connectivity index (χ0n) is 21.3. The monoisotopic (exact) mass is 511 g/mol. The Hall–Kier alpha value is -3.10. The lowest BCUT2D eigenvalue weighted by Crippen LogP contribution is -2.48. The van der Waals surface area contributed by atoms with Crippen LogP contribution in [0.1, 0.15) is 55.0 Å². The fourth-order valence-corrected chi connectivity index (χ4v) is 5.45. The molecule has 1 fully saturated rings. The van der Waals surface area contributed by atoms with Crippen LogP contribution in [-0.4, -0.2) is 47.7 Å². The highest BCUT2D eigenvalue weighted by molar-refractivity contribution is 5.85. The van der Waals surface area contributed by atoms with Crippen molar-refractivity contribution < 1.29 is 23.5 Å². The minimum atomic E-state index is -1.49. The Bertz CT molecular complexity index is 1180. The van der Waals surface area contributed by atoms with Gasteiger partial charge in [-0.25, -0.2) is 14.3 Å². The van der Waals surface area contributed by atoms with Gasteiger partial charge in [0.15, 0.2) is 0 Å². The van der Waals surface area contributed by atoms with Crippen molar-refractivity contribution >= 4 is 16.8 Å². The maximum atomic E-state index is 15.8. The first-order chi connectivity index (χ1) is 18.0. The van der Waals surface area contributed by atoms with Gasteiger partial charge in [-0.15, -0.1) is 0 Å². The van der Waals surface area contributed by atoms with E-state index in [0.29, 0.717) is 42.6 Å². The third kappa shape index (κ3) is 6.25. The average Bonchev–Trinajstić information content (AvgIpc) is 2.95. The van der Waals surface area contributed by atoms with Crippen LogP contribution in [0.5, 0.6) is 5.75 Å². The number of rotatable bonds is 11. The lowest BCUT2D eigenvalue weighted by Gasteiger charge is -2.40. The van der Waals surface area contributed by atoms with E-state index in [0.717, 1.165) is 19.4 Å². The highest BCUT2D eigenvalue weighted by Gasteiger charge is 2.41. The molecule has 0 saturated carbocycles. The molecule has 1 amide bonds. The number of hydroxylamine groups is 1. The summed E-state index contributed by atoms with van der Waals surface area (Å²) in [5.74, 6) is 0.0603. The SMILES string of the molecule is COc1ccc2ncc(CF)c(C(F)CCC3(C(=O)NO)CCN(CCCc4ccccc4)CC3)c2c1. The number of aromatic nitrogens is 1. The third-order valence-electron chi connectivity index (χ3n) is 7.71. The van der Waals surface area contributed by atoms with Crippen LogP contribution in [0.2, 0.25) is 0 Å². The summed E-state index contributed by atoms with van der Waals surface area (Å²) in [5, 5.41) is 9.98. The second-order valence-corrected chi connectivity index (χ2v) is 9.87. The Morgan fingerprint density at radius 3 is 2.65 bits per heavy atom. The van der Waals surface area contributed by atoms with Crippen molar-refractivity contribution in [2.45, 2.75) is 51.4 Å². The van der Waals surface area contributed by atoms with Crippen molar-refractivity contribution in [3.63, 3.8) is 0 Å². The number of alkyl halides is 2. The van der Waals surface area contributed by atoms with Gasteiger partial charge in [0, 0.05) is 22.7 Å². The normalized spacial score (nSPS) is 16.4. The number of carbonyl (C=O) groups is 1. The van der Waals surface area contributed by atoms with E-state index in [4.69, 9.17) is 4.74 Å². The molecule has 3 aromatic rings. The van der Waals surface area contributed by atoms with E-state index in [1.165, 1.54) is 18.9 Å². The molecule has 1 atom stereocenters. The Kier molecular flexibility index (Phi) is 9.05. The summed E-state index contributed by atoms with van der Waals surface area (Å²) in [5.41, 5.74) is 3.26. The van der Waals surface area contributed by atoms with Gasteiger partial charge in [-0.1, -0.05) is 30.3 Å². The zero-order chi connectivity index (χ0) is 26.3. The third-order valence-corrected chi connectivity index (χ3v) is 7.71. The second-order valence-electron chi connectivity index (χ2n) is 9.87. The van der Waals surface area contributed by atoms with Gasteiger partial charge >= 0.3 is 0 Å². The van der Waals surface area contributed by atoms with Crippen LogP contribution >= 0.6 is 0 Å². The molecule has 0 bridgehead atoms. The lowest BCUT2D eigenvalue weighted by atomic mass is 9.73. The summed E-state index contributed by atoms with van der Waals surface area (Å²) in [6, 6.07) is 15.5. The number of pyridine rings is 1. The van der Waals surface area contributed by atoms with Crippen molar-refractivity contribution in [3.8, 4) is 5.75 Å². The Morgan fingerprint density at radius 2 is 1.97 bits per heavy atom. The quantitative estimate of drug-likeness (QED) is 0.254. The van der Waals surface area contributed by atoms with Gasteiger partial charge < -0.3 is 9.64 Å². The molecular formula is C29H35F2N3O3. The summed E-state index contributed by atoms with van der Waals surface area (Å²) < 4.78 is 34.9. The zero-order valence-corrected chi connectivity index (χ0v) is 21.3. The van der Waals surface area contributed by atoms with Gasteiger partial charge in [0.25, 0.3) is 0 Å². The number of halogens is 2. The van der Waals surface area contributed by atoms with Crippen LogP contribution in [0.25, 0.3) is 10.9 Å². The number of amides is 1. The topological polar surface area (TPSA) is 74.7 Å². The van der Waals surface area contributed by atoms with E-state index in [-0.39, 0.29) is 24.0 Å². The molecule has 8 heteroatoms. The van der Waals surface area contributed by atoms with Crippen molar-refractivity contribution in [3.05, 3.63) is 71.4 Å². The molecule has 2 heterocycles. The molecule has 0 aliphatic carbocycles. The minimum absolute atomic E-state index is 0.0325. The fraction of sp³-hybridized carbons (Fsp3) is 0.448. The van der Waals surface area contributed by atoms with Crippen molar-refractivity contribution in [2.24, 2.45) is 5.41 Å². The first-order valence-corrected chi connectivity index (χ1v) is 12.9. The van der Waals surface area contributed by atoms with Crippen molar-refractivity contribution in [2.75, 3.05) is 26.7 Å². The van der Waals surface area contributed by atoms with E-state index in [9.17, 15) is 14.4 Å². The number of aryl methyl sites for hydroxylation is 1. The molecule has 1 unspecified atom stereocenters. The highest BCUT2D eigenvalue weighted by Crippen LogP contribution is 2.41. The summed E-state index contributed by atoms with van der Waals surface area (Å²) in [7, 11) is 1.52. The number of hydrogen-bond acceptors (Lipinski definition) is 5. The number of piperidine rings is 1. The van der Waals surface area contributed by atoms with Crippen LogP contribution < -0.4 is 10.2 Å². The smallest absolute Gasteiger partial charge is 0.249 e. The number of nitrogens with zero attached hydrogens (tertiary/aromatic N) is 2. The van der Waals surface area contributed by atoms with Gasteiger partial charge in [0.2, 0.25) is 5.91 Å². The van der Waals surface area contributed by atoms with Crippen LogP contribution in [0.15, 0.2) is 54.7 Å². The number of likely N-dealkylation sites (tertiary alicyclic amines) is 1. The molecule has 37 heavy (non-hydrogen) atoms. The van der Waals surface area contributed by atoms with Crippen LogP contribution in [0.3, 0.4) is 0 Å². The predicted molar refractivity (Wildman–Crippen MR) is 139 cm³/mol. The summed E-state index contributed by atoms with van der Waals surface area (Å²) in [6.07, 6.45) is 3.22. The van der Waals surface area contributed by atoms with Crippen molar-refractivity contribution in [1.29, 1.82) is 0 Å².